The Hall–Kier alpha value is -0.830. The van der Waals surface area contributed by atoms with E-state index >= 15 is 0 Å². The number of para-hydroxylation sites is 1. The molecule has 0 saturated heterocycles. The minimum Gasteiger partial charge on any atom is -0.404 e. The molecule has 1 aromatic rings. The zero-order valence-corrected chi connectivity index (χ0v) is 36.5. The van der Waals surface area contributed by atoms with Crippen molar-refractivity contribution in [3.05, 3.63) is 30.3 Å². The number of hydrogen-bond acceptors (Lipinski definition) is 4. The molecule has 1 rings (SSSR count). The summed E-state index contributed by atoms with van der Waals surface area (Å²) in [5.41, 5.74) is 0. The number of phosphoric acid groups is 1. The molecule has 0 N–H and O–H groups in total. The third-order valence-electron chi connectivity index (χ3n) is 11.2. The van der Waals surface area contributed by atoms with Crippen molar-refractivity contribution in [2.24, 2.45) is 47.3 Å². The van der Waals surface area contributed by atoms with Gasteiger partial charge in [-0.25, -0.2) is 4.57 Å². The van der Waals surface area contributed by atoms with Crippen molar-refractivity contribution in [2.45, 2.75) is 198 Å². The Labute approximate surface area is 319 Å². The minimum absolute atomic E-state index is 0.389. The van der Waals surface area contributed by atoms with Crippen LogP contribution in [0, 0.1) is 47.3 Å². The zero-order valence-electron chi connectivity index (χ0n) is 35.6. The van der Waals surface area contributed by atoms with Crippen LogP contribution in [-0.4, -0.2) is 13.2 Å². The van der Waals surface area contributed by atoms with Crippen LogP contribution in [-0.2, 0) is 13.6 Å². The van der Waals surface area contributed by atoms with E-state index in [-0.39, 0.29) is 0 Å². The number of hydrogen-bond donors (Lipinski definition) is 0. The molecular weight excluding hydrogens is 647 g/mol. The van der Waals surface area contributed by atoms with E-state index in [1.54, 1.807) is 0 Å². The molecule has 5 heteroatoms. The summed E-state index contributed by atoms with van der Waals surface area (Å²) in [4.78, 5) is 0. The van der Waals surface area contributed by atoms with Gasteiger partial charge in [0, 0.05) is 0 Å². The van der Waals surface area contributed by atoms with Gasteiger partial charge in [0.1, 0.15) is 5.75 Å². The highest BCUT2D eigenvalue weighted by Crippen LogP contribution is 2.50. The Balaban J connectivity index is 2.33. The monoisotopic (exact) mass is 735 g/mol. The molecule has 1 aromatic carbocycles. The van der Waals surface area contributed by atoms with E-state index in [9.17, 15) is 4.57 Å². The van der Waals surface area contributed by atoms with E-state index < -0.39 is 7.82 Å². The van der Waals surface area contributed by atoms with E-state index in [1.165, 1.54) is 116 Å². The normalized spacial score (nSPS) is 16.9. The number of phosphoric ester groups is 1. The van der Waals surface area contributed by atoms with Crippen LogP contribution in [0.15, 0.2) is 30.3 Å². The third kappa shape index (κ3) is 28.3. The highest BCUT2D eigenvalue weighted by Gasteiger charge is 2.29. The van der Waals surface area contributed by atoms with Gasteiger partial charge in [-0.1, -0.05) is 203 Å². The lowest BCUT2D eigenvalue weighted by Crippen LogP contribution is -2.09. The van der Waals surface area contributed by atoms with Crippen molar-refractivity contribution in [3.8, 4) is 5.75 Å². The van der Waals surface area contributed by atoms with Crippen molar-refractivity contribution >= 4 is 7.82 Å². The van der Waals surface area contributed by atoms with Gasteiger partial charge in [-0.05, 0) is 72.3 Å². The van der Waals surface area contributed by atoms with Crippen molar-refractivity contribution in [3.63, 3.8) is 0 Å². The molecule has 4 nitrogen and oxygen atoms in total. The summed E-state index contributed by atoms with van der Waals surface area (Å²) in [6.07, 6.45) is 25.6. The van der Waals surface area contributed by atoms with Gasteiger partial charge in [-0.15, -0.1) is 0 Å². The van der Waals surface area contributed by atoms with Gasteiger partial charge in [-0.2, -0.15) is 0 Å². The van der Waals surface area contributed by atoms with E-state index in [0.29, 0.717) is 30.8 Å². The van der Waals surface area contributed by atoms with Crippen molar-refractivity contribution in [1.29, 1.82) is 0 Å². The Morgan fingerprint density at radius 3 is 0.980 bits per heavy atom. The van der Waals surface area contributed by atoms with Crippen LogP contribution >= 0.6 is 7.82 Å². The van der Waals surface area contributed by atoms with Crippen LogP contribution < -0.4 is 4.52 Å². The molecule has 0 aliphatic heterocycles. The molecule has 0 aliphatic rings. The molecule has 0 aromatic heterocycles. The first-order valence-electron chi connectivity index (χ1n) is 21.9. The Morgan fingerprint density at radius 2 is 0.686 bits per heavy atom. The maximum atomic E-state index is 13.8. The maximum Gasteiger partial charge on any atom is 0.530 e. The SMILES string of the molecule is CC(C)CCC[C@@H](C)CCC[C@@H](C)CCCC(C)CCOP(=O)(OCCC(C)CCC[C@H](C)CCC[C@H](C)CCCC(C)C)Oc1ccccc1. The van der Waals surface area contributed by atoms with Gasteiger partial charge in [0.05, 0.1) is 13.2 Å². The summed E-state index contributed by atoms with van der Waals surface area (Å²) in [6, 6.07) is 9.32. The summed E-state index contributed by atoms with van der Waals surface area (Å²) < 4.78 is 31.5. The van der Waals surface area contributed by atoms with Gasteiger partial charge in [0.25, 0.3) is 0 Å². The fourth-order valence-electron chi connectivity index (χ4n) is 7.31. The van der Waals surface area contributed by atoms with Gasteiger partial charge >= 0.3 is 7.82 Å². The van der Waals surface area contributed by atoms with Crippen molar-refractivity contribution in [2.75, 3.05) is 13.2 Å². The molecule has 0 amide bonds. The van der Waals surface area contributed by atoms with Crippen molar-refractivity contribution in [1.82, 2.24) is 0 Å². The topological polar surface area (TPSA) is 44.8 Å². The number of rotatable bonds is 34. The Kier molecular flexibility index (Phi) is 27.9. The Morgan fingerprint density at radius 1 is 0.412 bits per heavy atom. The second-order valence-corrected chi connectivity index (χ2v) is 19.7. The van der Waals surface area contributed by atoms with Crippen LogP contribution in [0.2, 0.25) is 0 Å². The van der Waals surface area contributed by atoms with Crippen LogP contribution in [0.25, 0.3) is 0 Å². The highest BCUT2D eigenvalue weighted by molar-refractivity contribution is 7.48. The number of benzene rings is 1. The molecule has 0 fully saturated rings. The molecule has 0 spiro atoms. The van der Waals surface area contributed by atoms with E-state index in [0.717, 1.165) is 48.3 Å². The minimum atomic E-state index is -3.70. The molecule has 300 valence electrons. The van der Waals surface area contributed by atoms with Gasteiger partial charge in [0.15, 0.2) is 0 Å². The molecule has 0 aliphatic carbocycles. The van der Waals surface area contributed by atoms with Gasteiger partial charge in [-0.3, -0.25) is 9.05 Å². The zero-order chi connectivity index (χ0) is 37.9. The summed E-state index contributed by atoms with van der Waals surface area (Å²) in [5, 5.41) is 0. The predicted molar refractivity (Wildman–Crippen MR) is 224 cm³/mol. The van der Waals surface area contributed by atoms with Crippen molar-refractivity contribution < 1.29 is 18.1 Å². The van der Waals surface area contributed by atoms with Crippen LogP contribution in [0.5, 0.6) is 5.75 Å². The molecule has 0 bridgehead atoms. The quantitative estimate of drug-likeness (QED) is 0.0661. The van der Waals surface area contributed by atoms with E-state index in [4.69, 9.17) is 13.6 Å². The van der Waals surface area contributed by atoms with E-state index in [2.05, 4.69) is 69.2 Å². The average molecular weight is 735 g/mol. The van der Waals surface area contributed by atoms with E-state index in [1.807, 2.05) is 30.3 Å². The summed E-state index contributed by atoms with van der Waals surface area (Å²) in [5.74, 6) is 6.53. The largest absolute Gasteiger partial charge is 0.530 e. The average Bonchev–Trinajstić information content (AvgIpc) is 3.05. The first-order chi connectivity index (χ1) is 24.3. The molecule has 0 heterocycles. The molecule has 0 saturated carbocycles. The smallest absolute Gasteiger partial charge is 0.404 e. The van der Waals surface area contributed by atoms with Gasteiger partial charge in [0.2, 0.25) is 0 Å². The van der Waals surface area contributed by atoms with Gasteiger partial charge < -0.3 is 4.52 Å². The third-order valence-corrected chi connectivity index (χ3v) is 12.6. The van der Waals surface area contributed by atoms with Crippen LogP contribution in [0.3, 0.4) is 0 Å². The lowest BCUT2D eigenvalue weighted by molar-refractivity contribution is 0.141. The van der Waals surface area contributed by atoms with Crippen LogP contribution in [0.4, 0.5) is 0 Å². The fraction of sp³-hybridized carbons (Fsp3) is 0.870. The highest BCUT2D eigenvalue weighted by atomic mass is 31.2. The lowest BCUT2D eigenvalue weighted by atomic mass is 9.91. The second kappa shape index (κ2) is 29.5. The summed E-state index contributed by atoms with van der Waals surface area (Å²) in [6.45, 7) is 24.4. The molecular formula is C46H87O4P. The molecule has 2 unspecified atom stereocenters. The molecule has 51 heavy (non-hydrogen) atoms. The summed E-state index contributed by atoms with van der Waals surface area (Å²) in [7, 11) is -3.70. The lowest BCUT2D eigenvalue weighted by Gasteiger charge is -2.21. The second-order valence-electron chi connectivity index (χ2n) is 18.1. The first-order valence-corrected chi connectivity index (χ1v) is 23.4. The first kappa shape index (κ1) is 48.2. The molecule has 0 radical (unpaired) electrons. The molecule has 6 atom stereocenters. The predicted octanol–water partition coefficient (Wildman–Crippen LogP) is 16.1. The Bertz CT molecular complexity index is 911. The fourth-order valence-corrected chi connectivity index (χ4v) is 8.52. The summed E-state index contributed by atoms with van der Waals surface area (Å²) >= 11 is 0. The standard InChI is InChI=1S/C46H87O4P/c1-38(2)20-14-22-40(5)24-16-26-42(7)28-18-30-44(9)34-36-48-51(47,50-46-32-12-11-13-33-46)49-37-35-45(10)31-19-29-43(8)27-17-25-41(6)23-15-21-39(3)4/h11-13,32-33,38-45H,14-31,34-37H2,1-10H3/t40-,41-,42-,43-,44?,45?,51?/m1/s1. The van der Waals surface area contributed by atoms with Crippen LogP contribution in [0.1, 0.15) is 198 Å². The maximum absolute atomic E-state index is 13.8.